The number of hydrogen-bond acceptors (Lipinski definition) is 2. The summed E-state index contributed by atoms with van der Waals surface area (Å²) < 4.78 is 13.2. The molecular formula is C12H16FNO. The van der Waals surface area contributed by atoms with Gasteiger partial charge in [0.25, 0.3) is 0 Å². The van der Waals surface area contributed by atoms with Crippen LogP contribution >= 0.6 is 0 Å². The summed E-state index contributed by atoms with van der Waals surface area (Å²) in [5, 5.41) is 10.4. The lowest BCUT2D eigenvalue weighted by Crippen LogP contribution is -2.37. The number of benzene rings is 1. The molecule has 0 heterocycles. The molecule has 1 aliphatic carbocycles. The van der Waals surface area contributed by atoms with E-state index in [1.165, 1.54) is 12.1 Å². The molecule has 0 aromatic heterocycles. The van der Waals surface area contributed by atoms with Gasteiger partial charge in [0.1, 0.15) is 11.4 Å². The van der Waals surface area contributed by atoms with E-state index in [9.17, 15) is 9.50 Å². The zero-order chi connectivity index (χ0) is 11.1. The predicted molar refractivity (Wildman–Crippen MR) is 56.8 cm³/mol. The molecule has 0 saturated heterocycles. The first-order chi connectivity index (χ1) is 7.06. The van der Waals surface area contributed by atoms with Gasteiger partial charge < -0.3 is 10.8 Å². The second-order valence-corrected chi connectivity index (χ2v) is 4.42. The van der Waals surface area contributed by atoms with E-state index in [2.05, 4.69) is 0 Å². The molecule has 0 bridgehead atoms. The molecule has 1 atom stereocenters. The third-order valence-electron chi connectivity index (χ3n) is 3.11. The Morgan fingerprint density at radius 1 is 1.47 bits per heavy atom. The first kappa shape index (κ1) is 10.6. The maximum atomic E-state index is 13.2. The van der Waals surface area contributed by atoms with Gasteiger partial charge in [-0.1, -0.05) is 6.07 Å². The average Bonchev–Trinajstić information content (AvgIpc) is 2.98. The molecular weight excluding hydrogens is 193 g/mol. The van der Waals surface area contributed by atoms with E-state index >= 15 is 0 Å². The fourth-order valence-corrected chi connectivity index (χ4v) is 2.07. The lowest BCUT2D eigenvalue weighted by molar-refractivity contribution is 0.0219. The highest BCUT2D eigenvalue weighted by molar-refractivity contribution is 5.30. The summed E-state index contributed by atoms with van der Waals surface area (Å²) in [5.41, 5.74) is 6.01. The highest BCUT2D eigenvalue weighted by Gasteiger charge is 2.44. The first-order valence-electron chi connectivity index (χ1n) is 5.26. The minimum absolute atomic E-state index is 0.153. The number of aryl methyl sites for hydroxylation is 1. The van der Waals surface area contributed by atoms with Crippen molar-refractivity contribution in [1.82, 2.24) is 0 Å². The quantitative estimate of drug-likeness (QED) is 0.795. The summed E-state index contributed by atoms with van der Waals surface area (Å²) in [7, 11) is 0. The molecule has 0 radical (unpaired) electrons. The second kappa shape index (κ2) is 3.58. The van der Waals surface area contributed by atoms with Crippen LogP contribution in [0, 0.1) is 18.7 Å². The van der Waals surface area contributed by atoms with Crippen LogP contribution < -0.4 is 5.73 Å². The monoisotopic (exact) mass is 209 g/mol. The van der Waals surface area contributed by atoms with Crippen LogP contribution in [0.3, 0.4) is 0 Å². The summed E-state index contributed by atoms with van der Waals surface area (Å²) in [4.78, 5) is 0. The van der Waals surface area contributed by atoms with Gasteiger partial charge in [-0.3, -0.25) is 0 Å². The maximum Gasteiger partial charge on any atom is 0.123 e. The smallest absolute Gasteiger partial charge is 0.123 e. The second-order valence-electron chi connectivity index (χ2n) is 4.42. The lowest BCUT2D eigenvalue weighted by atomic mass is 9.88. The molecule has 0 aliphatic heterocycles. The van der Waals surface area contributed by atoms with Crippen LogP contribution in [0.15, 0.2) is 18.2 Å². The number of hydrogen-bond donors (Lipinski definition) is 2. The Bertz CT molecular complexity index is 356. The lowest BCUT2D eigenvalue weighted by Gasteiger charge is -2.27. The Morgan fingerprint density at radius 3 is 2.60 bits per heavy atom. The molecule has 1 aromatic carbocycles. The van der Waals surface area contributed by atoms with Crippen LogP contribution in [-0.4, -0.2) is 11.7 Å². The predicted octanol–water partition coefficient (Wildman–Crippen LogP) is 1.69. The number of nitrogens with two attached hydrogens (primary N) is 1. The molecule has 1 aliphatic rings. The van der Waals surface area contributed by atoms with Crippen molar-refractivity contribution in [3.63, 3.8) is 0 Å². The molecule has 0 spiro atoms. The molecule has 2 rings (SSSR count). The van der Waals surface area contributed by atoms with Crippen LogP contribution in [0.25, 0.3) is 0 Å². The van der Waals surface area contributed by atoms with Crippen molar-refractivity contribution in [2.75, 3.05) is 6.54 Å². The minimum Gasteiger partial charge on any atom is -0.384 e. The SMILES string of the molecule is Cc1cc(F)cc(C(O)(CN)C2CC2)c1. The van der Waals surface area contributed by atoms with Gasteiger partial charge in [-0.15, -0.1) is 0 Å². The van der Waals surface area contributed by atoms with Crippen LogP contribution in [-0.2, 0) is 5.60 Å². The third-order valence-corrected chi connectivity index (χ3v) is 3.11. The number of halogens is 1. The number of rotatable bonds is 3. The van der Waals surface area contributed by atoms with Crippen LogP contribution in [0.4, 0.5) is 4.39 Å². The molecule has 2 nitrogen and oxygen atoms in total. The summed E-state index contributed by atoms with van der Waals surface area (Å²) in [6.07, 6.45) is 1.95. The van der Waals surface area contributed by atoms with E-state index in [0.29, 0.717) is 5.56 Å². The molecule has 3 N–H and O–H groups in total. The summed E-state index contributed by atoms with van der Waals surface area (Å²) in [5.74, 6) is -0.110. The highest BCUT2D eigenvalue weighted by Crippen LogP contribution is 2.45. The zero-order valence-corrected chi connectivity index (χ0v) is 8.83. The largest absolute Gasteiger partial charge is 0.384 e. The van der Waals surface area contributed by atoms with Crippen molar-refractivity contribution in [3.8, 4) is 0 Å². The Morgan fingerprint density at radius 2 is 2.13 bits per heavy atom. The van der Waals surface area contributed by atoms with Gasteiger partial charge in [0.05, 0.1) is 0 Å². The van der Waals surface area contributed by atoms with Gasteiger partial charge in [0, 0.05) is 6.54 Å². The van der Waals surface area contributed by atoms with Crippen molar-refractivity contribution in [2.45, 2.75) is 25.4 Å². The van der Waals surface area contributed by atoms with E-state index in [1.54, 1.807) is 0 Å². The summed E-state index contributed by atoms with van der Waals surface area (Å²) in [6, 6.07) is 4.65. The Hall–Kier alpha value is -0.930. The standard InChI is InChI=1S/C12H16FNO/c1-8-4-10(6-11(13)5-8)12(15,7-14)9-2-3-9/h4-6,9,15H,2-3,7,14H2,1H3. The molecule has 1 fully saturated rings. The van der Waals surface area contributed by atoms with Crippen molar-refractivity contribution < 1.29 is 9.50 Å². The van der Waals surface area contributed by atoms with Gasteiger partial charge in [-0.2, -0.15) is 0 Å². The summed E-state index contributed by atoms with van der Waals surface area (Å²) >= 11 is 0. The molecule has 1 aromatic rings. The van der Waals surface area contributed by atoms with E-state index < -0.39 is 5.60 Å². The Kier molecular flexibility index (Phi) is 2.52. The van der Waals surface area contributed by atoms with Crippen molar-refractivity contribution in [2.24, 2.45) is 11.7 Å². The first-order valence-corrected chi connectivity index (χ1v) is 5.26. The fraction of sp³-hybridized carbons (Fsp3) is 0.500. The third kappa shape index (κ3) is 1.90. The van der Waals surface area contributed by atoms with Gasteiger partial charge in [-0.25, -0.2) is 4.39 Å². The summed E-state index contributed by atoms with van der Waals surface area (Å²) in [6.45, 7) is 1.97. The van der Waals surface area contributed by atoms with E-state index in [0.717, 1.165) is 18.4 Å². The number of aliphatic hydroxyl groups is 1. The maximum absolute atomic E-state index is 13.2. The molecule has 0 amide bonds. The topological polar surface area (TPSA) is 46.2 Å². The van der Waals surface area contributed by atoms with Gasteiger partial charge in [-0.05, 0) is 48.9 Å². The van der Waals surface area contributed by atoms with Gasteiger partial charge >= 0.3 is 0 Å². The van der Waals surface area contributed by atoms with Crippen molar-refractivity contribution in [3.05, 3.63) is 35.1 Å². The minimum atomic E-state index is -1.03. The normalized spacial score (nSPS) is 20.0. The fourth-order valence-electron chi connectivity index (χ4n) is 2.07. The molecule has 15 heavy (non-hydrogen) atoms. The Labute approximate surface area is 88.9 Å². The van der Waals surface area contributed by atoms with Crippen LogP contribution in [0.2, 0.25) is 0 Å². The Balaban J connectivity index is 2.41. The van der Waals surface area contributed by atoms with Crippen LogP contribution in [0.5, 0.6) is 0 Å². The van der Waals surface area contributed by atoms with Gasteiger partial charge in [0.2, 0.25) is 0 Å². The zero-order valence-electron chi connectivity index (χ0n) is 8.83. The van der Waals surface area contributed by atoms with Crippen LogP contribution in [0.1, 0.15) is 24.0 Å². The van der Waals surface area contributed by atoms with Gasteiger partial charge in [0.15, 0.2) is 0 Å². The molecule has 82 valence electrons. The molecule has 1 saturated carbocycles. The molecule has 3 heteroatoms. The average molecular weight is 209 g/mol. The van der Waals surface area contributed by atoms with Crippen molar-refractivity contribution >= 4 is 0 Å². The van der Waals surface area contributed by atoms with Crippen molar-refractivity contribution in [1.29, 1.82) is 0 Å². The molecule has 1 unspecified atom stereocenters. The highest BCUT2D eigenvalue weighted by atomic mass is 19.1. The van der Waals surface area contributed by atoms with E-state index in [1.807, 2.05) is 13.0 Å². The van der Waals surface area contributed by atoms with E-state index in [-0.39, 0.29) is 18.3 Å². The van der Waals surface area contributed by atoms with E-state index in [4.69, 9.17) is 5.73 Å².